The number of hydrogen-bond donors (Lipinski definition) is 1. The van der Waals surface area contributed by atoms with Gasteiger partial charge in [-0.1, -0.05) is 0 Å². The number of dihydropyridines is 1. The molecule has 1 nitrogen and oxygen atoms in total. The molecule has 0 saturated carbocycles. The van der Waals surface area contributed by atoms with Crippen LogP contribution in [-0.2, 0) is 0 Å². The highest BCUT2D eigenvalue weighted by Gasteiger charge is 2.39. The first kappa shape index (κ1) is 11.1. The van der Waals surface area contributed by atoms with E-state index in [1.165, 1.54) is 13.8 Å². The van der Waals surface area contributed by atoms with Gasteiger partial charge in [-0.05, 0) is 38.8 Å². The van der Waals surface area contributed by atoms with Gasteiger partial charge < -0.3 is 5.32 Å². The van der Waals surface area contributed by atoms with Crippen molar-refractivity contribution >= 4 is 0 Å². The van der Waals surface area contributed by atoms with Gasteiger partial charge in [0.2, 0.25) is 0 Å². The molecule has 1 unspecified atom stereocenters. The van der Waals surface area contributed by atoms with Crippen molar-refractivity contribution in [3.8, 4) is 0 Å². The van der Waals surface area contributed by atoms with Gasteiger partial charge in [0.15, 0.2) is 0 Å². The lowest BCUT2D eigenvalue weighted by molar-refractivity contribution is -0.0908. The molecule has 14 heavy (non-hydrogen) atoms. The van der Waals surface area contributed by atoms with Gasteiger partial charge in [-0.15, -0.1) is 0 Å². The Hall–Kier alpha value is -0.930. The summed E-state index contributed by atoms with van der Waals surface area (Å²) in [5.74, 6) is 0. The predicted octanol–water partition coefficient (Wildman–Crippen LogP) is 3.15. The maximum Gasteiger partial charge on any atom is 0.416 e. The van der Waals surface area contributed by atoms with Crippen LogP contribution in [0.1, 0.15) is 27.7 Å². The molecule has 1 N–H and O–H groups in total. The van der Waals surface area contributed by atoms with Crippen LogP contribution in [0.4, 0.5) is 13.2 Å². The van der Waals surface area contributed by atoms with E-state index in [-0.39, 0.29) is 6.04 Å². The van der Waals surface area contributed by atoms with E-state index in [1.54, 1.807) is 13.8 Å². The Kier molecular flexibility index (Phi) is 2.65. The Bertz CT molecular complexity index is 310. The van der Waals surface area contributed by atoms with Crippen molar-refractivity contribution in [2.45, 2.75) is 39.9 Å². The van der Waals surface area contributed by atoms with Gasteiger partial charge in [0.1, 0.15) is 0 Å². The molecular weight excluding hydrogens is 191 g/mol. The van der Waals surface area contributed by atoms with Crippen molar-refractivity contribution in [3.05, 3.63) is 22.4 Å². The van der Waals surface area contributed by atoms with E-state index in [0.717, 1.165) is 0 Å². The molecule has 0 radical (unpaired) electrons. The van der Waals surface area contributed by atoms with Crippen molar-refractivity contribution in [2.75, 3.05) is 0 Å². The summed E-state index contributed by atoms with van der Waals surface area (Å²) in [6.45, 7) is 6.43. The summed E-state index contributed by atoms with van der Waals surface area (Å²) in [6, 6.07) is -0.240. The first-order chi connectivity index (χ1) is 6.25. The minimum Gasteiger partial charge on any atom is -0.382 e. The number of halogens is 3. The van der Waals surface area contributed by atoms with Crippen LogP contribution in [0.15, 0.2) is 22.4 Å². The second kappa shape index (κ2) is 3.33. The van der Waals surface area contributed by atoms with Crippen molar-refractivity contribution in [1.29, 1.82) is 0 Å². The fraction of sp³-hybridized carbons (Fsp3) is 0.600. The molecule has 1 aliphatic rings. The smallest absolute Gasteiger partial charge is 0.382 e. The van der Waals surface area contributed by atoms with Gasteiger partial charge in [0.05, 0.1) is 5.57 Å². The quantitative estimate of drug-likeness (QED) is 0.640. The molecule has 0 bridgehead atoms. The zero-order chi connectivity index (χ0) is 11.1. The summed E-state index contributed by atoms with van der Waals surface area (Å²) in [6.07, 6.45) is -4.24. The highest BCUT2D eigenvalue weighted by Crippen LogP contribution is 2.37. The molecule has 0 amide bonds. The SMILES string of the molecule is CC1=C(C)C(C(F)(F)F)=C(C)C(C)N1. The number of allylic oxidation sites excluding steroid dienone is 3. The molecule has 0 saturated heterocycles. The molecule has 80 valence electrons. The van der Waals surface area contributed by atoms with Crippen LogP contribution in [0, 0.1) is 0 Å². The van der Waals surface area contributed by atoms with Gasteiger partial charge in [-0.25, -0.2) is 0 Å². The van der Waals surface area contributed by atoms with Crippen molar-refractivity contribution in [2.24, 2.45) is 0 Å². The Morgan fingerprint density at radius 2 is 1.64 bits per heavy atom. The highest BCUT2D eigenvalue weighted by molar-refractivity contribution is 5.44. The molecule has 1 heterocycles. The van der Waals surface area contributed by atoms with Crippen LogP contribution in [-0.4, -0.2) is 12.2 Å². The van der Waals surface area contributed by atoms with Gasteiger partial charge in [-0.2, -0.15) is 13.2 Å². The van der Waals surface area contributed by atoms with Crippen LogP contribution >= 0.6 is 0 Å². The van der Waals surface area contributed by atoms with Gasteiger partial charge in [0, 0.05) is 11.7 Å². The minimum atomic E-state index is -4.24. The molecule has 0 aromatic carbocycles. The largest absolute Gasteiger partial charge is 0.416 e. The summed E-state index contributed by atoms with van der Waals surface area (Å²) in [7, 11) is 0. The van der Waals surface area contributed by atoms with E-state index in [4.69, 9.17) is 0 Å². The Morgan fingerprint density at radius 3 is 2.07 bits per heavy atom. The van der Waals surface area contributed by atoms with Crippen LogP contribution in [0.2, 0.25) is 0 Å². The van der Waals surface area contributed by atoms with E-state index in [9.17, 15) is 13.2 Å². The van der Waals surface area contributed by atoms with E-state index in [0.29, 0.717) is 16.8 Å². The normalized spacial score (nSPS) is 24.1. The van der Waals surface area contributed by atoms with Crippen LogP contribution in [0.3, 0.4) is 0 Å². The summed E-state index contributed by atoms with van der Waals surface area (Å²) >= 11 is 0. The molecule has 1 rings (SSSR count). The number of alkyl halides is 3. The third kappa shape index (κ3) is 1.79. The van der Waals surface area contributed by atoms with Crippen LogP contribution < -0.4 is 5.32 Å². The molecule has 0 fully saturated rings. The molecule has 4 heteroatoms. The molecular formula is C10H14F3N. The summed E-state index contributed by atoms with van der Waals surface area (Å²) in [5.41, 5.74) is 0.797. The standard InChI is InChI=1S/C10H14F3N/c1-5-7(3)14-8(4)6(2)9(5)10(11,12)13/h7,14H,1-4H3. The van der Waals surface area contributed by atoms with E-state index in [2.05, 4.69) is 5.32 Å². The van der Waals surface area contributed by atoms with Crippen molar-refractivity contribution in [3.63, 3.8) is 0 Å². The van der Waals surface area contributed by atoms with E-state index >= 15 is 0 Å². The van der Waals surface area contributed by atoms with Gasteiger partial charge in [0.25, 0.3) is 0 Å². The van der Waals surface area contributed by atoms with Crippen LogP contribution in [0.25, 0.3) is 0 Å². The fourth-order valence-corrected chi connectivity index (χ4v) is 1.68. The lowest BCUT2D eigenvalue weighted by atomic mass is 9.92. The lowest BCUT2D eigenvalue weighted by Gasteiger charge is -2.29. The second-order valence-electron chi connectivity index (χ2n) is 3.67. The number of hydrogen-bond acceptors (Lipinski definition) is 1. The molecule has 0 aromatic rings. The average molecular weight is 205 g/mol. The van der Waals surface area contributed by atoms with Crippen molar-refractivity contribution < 1.29 is 13.2 Å². The zero-order valence-corrected chi connectivity index (χ0v) is 8.71. The number of nitrogens with one attached hydrogen (secondary N) is 1. The zero-order valence-electron chi connectivity index (χ0n) is 8.71. The summed E-state index contributed by atoms with van der Waals surface area (Å²) < 4.78 is 38.0. The predicted molar refractivity (Wildman–Crippen MR) is 49.7 cm³/mol. The first-order valence-electron chi connectivity index (χ1n) is 4.47. The minimum absolute atomic E-state index is 0.240. The van der Waals surface area contributed by atoms with Crippen molar-refractivity contribution in [1.82, 2.24) is 5.32 Å². The summed E-state index contributed by atoms with van der Waals surface area (Å²) in [5, 5.41) is 3.00. The Labute approximate surface area is 81.7 Å². The monoisotopic (exact) mass is 205 g/mol. The molecule has 1 atom stereocenters. The molecule has 0 aliphatic carbocycles. The fourth-order valence-electron chi connectivity index (χ4n) is 1.68. The van der Waals surface area contributed by atoms with E-state index in [1.807, 2.05) is 0 Å². The molecule has 1 aliphatic heterocycles. The maximum atomic E-state index is 12.7. The lowest BCUT2D eigenvalue weighted by Crippen LogP contribution is -2.34. The number of rotatable bonds is 0. The van der Waals surface area contributed by atoms with Gasteiger partial charge >= 0.3 is 6.18 Å². The average Bonchev–Trinajstić information content (AvgIpc) is 1.98. The third-order valence-corrected chi connectivity index (χ3v) is 2.70. The third-order valence-electron chi connectivity index (χ3n) is 2.70. The second-order valence-corrected chi connectivity index (χ2v) is 3.67. The molecule has 0 spiro atoms. The Balaban J connectivity index is 3.28. The Morgan fingerprint density at radius 1 is 1.14 bits per heavy atom. The molecule has 0 aromatic heterocycles. The first-order valence-corrected chi connectivity index (χ1v) is 4.47. The van der Waals surface area contributed by atoms with E-state index < -0.39 is 11.7 Å². The summed E-state index contributed by atoms with van der Waals surface area (Å²) in [4.78, 5) is 0. The highest BCUT2D eigenvalue weighted by atomic mass is 19.4. The van der Waals surface area contributed by atoms with Gasteiger partial charge in [-0.3, -0.25) is 0 Å². The topological polar surface area (TPSA) is 12.0 Å². The van der Waals surface area contributed by atoms with Crippen LogP contribution in [0.5, 0.6) is 0 Å². The maximum absolute atomic E-state index is 12.7.